The van der Waals surface area contributed by atoms with Gasteiger partial charge in [0.2, 0.25) is 16.0 Å². The maximum atomic E-state index is 13.2. The highest BCUT2D eigenvalue weighted by atomic mass is 32.2. The number of aryl methyl sites for hydroxylation is 2. The van der Waals surface area contributed by atoms with Gasteiger partial charge in [-0.15, -0.1) is 0 Å². The van der Waals surface area contributed by atoms with Crippen molar-refractivity contribution >= 4 is 32.9 Å². The van der Waals surface area contributed by atoms with Crippen molar-refractivity contribution in [2.45, 2.75) is 24.7 Å². The second kappa shape index (κ2) is 7.89. The van der Waals surface area contributed by atoms with Crippen LogP contribution in [0, 0.1) is 6.92 Å². The van der Waals surface area contributed by atoms with Crippen LogP contribution >= 0.6 is 0 Å². The van der Waals surface area contributed by atoms with Gasteiger partial charge in [0.1, 0.15) is 5.82 Å². The third-order valence-corrected chi connectivity index (χ3v) is 8.08. The van der Waals surface area contributed by atoms with Crippen molar-refractivity contribution in [3.8, 4) is 0 Å². The second-order valence-corrected chi connectivity index (χ2v) is 10.2. The lowest BCUT2D eigenvalue weighted by molar-refractivity contribution is 0.382. The van der Waals surface area contributed by atoms with E-state index in [1.54, 1.807) is 7.05 Å². The molecular weight excluding hydrogens is 432 g/mol. The number of nitrogens with zero attached hydrogens (tertiary/aromatic N) is 6. The lowest BCUT2D eigenvalue weighted by atomic mass is 10.3. The van der Waals surface area contributed by atoms with Crippen molar-refractivity contribution in [3.63, 3.8) is 0 Å². The molecule has 2 aliphatic heterocycles. The first-order valence-corrected chi connectivity index (χ1v) is 12.2. The Morgan fingerprint density at radius 2 is 1.66 bits per heavy atom. The van der Waals surface area contributed by atoms with E-state index in [9.17, 15) is 13.2 Å². The van der Waals surface area contributed by atoms with Crippen molar-refractivity contribution < 1.29 is 12.8 Å². The fraction of sp³-hybridized carbons (Fsp3) is 0.476. The van der Waals surface area contributed by atoms with Crippen LogP contribution in [0.5, 0.6) is 0 Å². The summed E-state index contributed by atoms with van der Waals surface area (Å²) in [5, 5.41) is 0. The Morgan fingerprint density at radius 1 is 0.938 bits per heavy atom. The lowest BCUT2D eigenvalue weighted by Gasteiger charge is -2.34. The third kappa shape index (κ3) is 3.65. The maximum Gasteiger partial charge on any atom is 0.419 e. The smallest absolute Gasteiger partial charge is 0.408 e. The largest absolute Gasteiger partial charge is 0.419 e. The van der Waals surface area contributed by atoms with Crippen molar-refractivity contribution in [2.24, 2.45) is 7.05 Å². The number of aromatic nitrogens is 3. The van der Waals surface area contributed by atoms with Crippen molar-refractivity contribution in [2.75, 3.05) is 49.1 Å². The zero-order chi connectivity index (χ0) is 22.5. The minimum absolute atomic E-state index is 0.151. The Labute approximate surface area is 186 Å². The fourth-order valence-electron chi connectivity index (χ4n) is 4.33. The first-order valence-electron chi connectivity index (χ1n) is 10.8. The SMILES string of the molecule is Cc1cc(N2CCCC2)nc(N2CCN(S(=O)(=O)c3ccc4oc(=O)n(C)c4c3)CC2)n1. The molecule has 4 heterocycles. The monoisotopic (exact) mass is 458 g/mol. The molecule has 32 heavy (non-hydrogen) atoms. The molecule has 2 aromatic heterocycles. The van der Waals surface area contributed by atoms with E-state index in [-0.39, 0.29) is 4.90 Å². The first-order chi connectivity index (χ1) is 15.3. The van der Waals surface area contributed by atoms with E-state index in [4.69, 9.17) is 9.40 Å². The molecule has 0 bridgehead atoms. The number of hydrogen-bond acceptors (Lipinski definition) is 8. The Balaban J connectivity index is 1.34. The van der Waals surface area contributed by atoms with E-state index in [0.717, 1.165) is 24.6 Å². The van der Waals surface area contributed by atoms with Crippen LogP contribution in [0.4, 0.5) is 11.8 Å². The summed E-state index contributed by atoms with van der Waals surface area (Å²) < 4.78 is 34.3. The van der Waals surface area contributed by atoms with Gasteiger partial charge in [0.25, 0.3) is 0 Å². The summed E-state index contributed by atoms with van der Waals surface area (Å²) >= 11 is 0. The van der Waals surface area contributed by atoms with Crippen LogP contribution in [0.3, 0.4) is 0 Å². The Morgan fingerprint density at radius 3 is 2.38 bits per heavy atom. The minimum Gasteiger partial charge on any atom is -0.408 e. The summed E-state index contributed by atoms with van der Waals surface area (Å²) in [6.07, 6.45) is 2.35. The zero-order valence-corrected chi connectivity index (χ0v) is 19.0. The maximum absolute atomic E-state index is 13.2. The summed E-state index contributed by atoms with van der Waals surface area (Å²) in [5.74, 6) is 1.08. The number of rotatable bonds is 4. The van der Waals surface area contributed by atoms with Gasteiger partial charge in [0.05, 0.1) is 10.4 Å². The van der Waals surface area contributed by atoms with E-state index < -0.39 is 15.8 Å². The normalized spacial score (nSPS) is 18.1. The van der Waals surface area contributed by atoms with Gasteiger partial charge in [-0.2, -0.15) is 9.29 Å². The molecular formula is C21H26N6O4S. The van der Waals surface area contributed by atoms with Gasteiger partial charge in [0, 0.05) is 58.1 Å². The molecule has 0 unspecified atom stereocenters. The number of sulfonamides is 1. The minimum atomic E-state index is -3.70. The van der Waals surface area contributed by atoms with Gasteiger partial charge in [-0.05, 0) is 38.0 Å². The quantitative estimate of drug-likeness (QED) is 0.577. The van der Waals surface area contributed by atoms with Crippen LogP contribution in [0.1, 0.15) is 18.5 Å². The van der Waals surface area contributed by atoms with E-state index in [0.29, 0.717) is 43.2 Å². The highest BCUT2D eigenvalue weighted by Crippen LogP contribution is 2.25. The highest BCUT2D eigenvalue weighted by molar-refractivity contribution is 7.89. The predicted molar refractivity (Wildman–Crippen MR) is 121 cm³/mol. The van der Waals surface area contributed by atoms with Crippen LogP contribution in [0.15, 0.2) is 38.4 Å². The lowest BCUT2D eigenvalue weighted by Crippen LogP contribution is -2.49. The molecule has 170 valence electrons. The average molecular weight is 459 g/mol. The van der Waals surface area contributed by atoms with Crippen LogP contribution in [-0.2, 0) is 17.1 Å². The molecule has 2 aliphatic rings. The molecule has 1 aromatic carbocycles. The molecule has 0 aliphatic carbocycles. The molecule has 0 spiro atoms. The van der Waals surface area contributed by atoms with Gasteiger partial charge < -0.3 is 14.2 Å². The highest BCUT2D eigenvalue weighted by Gasteiger charge is 2.30. The molecule has 10 nitrogen and oxygen atoms in total. The third-order valence-electron chi connectivity index (χ3n) is 6.18. The predicted octanol–water partition coefficient (Wildman–Crippen LogP) is 1.34. The Bertz CT molecular complexity index is 1320. The molecule has 5 rings (SSSR count). The topological polar surface area (TPSA) is 105 Å². The average Bonchev–Trinajstić information content (AvgIpc) is 3.42. The van der Waals surface area contributed by atoms with Crippen LogP contribution in [-0.4, -0.2) is 66.5 Å². The molecule has 3 aromatic rings. The second-order valence-electron chi connectivity index (χ2n) is 8.31. The first kappa shape index (κ1) is 21.0. The number of anilines is 2. The Hall–Kier alpha value is -2.92. The summed E-state index contributed by atoms with van der Waals surface area (Å²) in [5.41, 5.74) is 1.73. The van der Waals surface area contributed by atoms with Gasteiger partial charge in [0.15, 0.2) is 5.58 Å². The van der Waals surface area contributed by atoms with Crippen LogP contribution in [0.2, 0.25) is 0 Å². The van der Waals surface area contributed by atoms with Crippen molar-refractivity contribution in [3.05, 3.63) is 40.5 Å². The van der Waals surface area contributed by atoms with Gasteiger partial charge in [-0.1, -0.05) is 0 Å². The van der Waals surface area contributed by atoms with Crippen LogP contribution < -0.4 is 15.6 Å². The summed E-state index contributed by atoms with van der Waals surface area (Å²) in [6.45, 7) is 5.67. The van der Waals surface area contributed by atoms with Gasteiger partial charge in [-0.25, -0.2) is 18.2 Å². The fourth-order valence-corrected chi connectivity index (χ4v) is 5.77. The number of benzene rings is 1. The Kier molecular flexibility index (Phi) is 5.17. The summed E-state index contributed by atoms with van der Waals surface area (Å²) in [6, 6.07) is 6.52. The summed E-state index contributed by atoms with van der Waals surface area (Å²) in [4.78, 5) is 25.5. The zero-order valence-electron chi connectivity index (χ0n) is 18.2. The van der Waals surface area contributed by atoms with E-state index in [1.165, 1.54) is 39.9 Å². The molecule has 2 saturated heterocycles. The van der Waals surface area contributed by atoms with E-state index >= 15 is 0 Å². The molecule has 2 fully saturated rings. The number of oxazole rings is 1. The summed E-state index contributed by atoms with van der Waals surface area (Å²) in [7, 11) is -2.14. The molecule has 11 heteroatoms. The molecule has 0 N–H and O–H groups in total. The number of piperazine rings is 1. The molecule has 0 radical (unpaired) electrons. The number of fused-ring (bicyclic) bond motifs is 1. The standard InChI is InChI=1S/C21H26N6O4S/c1-15-13-19(25-7-3-4-8-25)23-20(22-15)26-9-11-27(12-10-26)32(29,30)16-5-6-18-17(14-16)24(2)21(28)31-18/h5-6,13-14H,3-4,7-12H2,1-2H3. The van der Waals surface area contributed by atoms with Crippen molar-refractivity contribution in [1.82, 2.24) is 18.8 Å². The number of hydrogen-bond donors (Lipinski definition) is 0. The molecule has 0 amide bonds. The van der Waals surface area contributed by atoms with E-state index in [1.807, 2.05) is 17.9 Å². The molecule has 0 atom stereocenters. The molecule has 0 saturated carbocycles. The van der Waals surface area contributed by atoms with Crippen molar-refractivity contribution in [1.29, 1.82) is 0 Å². The van der Waals surface area contributed by atoms with E-state index in [2.05, 4.69) is 9.88 Å². The van der Waals surface area contributed by atoms with Crippen LogP contribution in [0.25, 0.3) is 11.1 Å². The van der Waals surface area contributed by atoms with Gasteiger partial charge in [-0.3, -0.25) is 4.57 Å². The van der Waals surface area contributed by atoms with Gasteiger partial charge >= 0.3 is 5.76 Å².